The fraction of sp³-hybridized carbons (Fsp3) is 0.750. The normalized spacial score (nSPS) is 11.4. The molecule has 0 aliphatic heterocycles. The molecule has 0 aromatic heterocycles. The first-order valence-corrected chi connectivity index (χ1v) is 6.24. The number of halogens is 3. The van der Waals surface area contributed by atoms with Crippen LogP contribution in [0.4, 0.5) is 13.2 Å². The van der Waals surface area contributed by atoms with Crippen LogP contribution in [-0.2, 0) is 19.1 Å². The van der Waals surface area contributed by atoms with Gasteiger partial charge < -0.3 is 0 Å². The van der Waals surface area contributed by atoms with Gasteiger partial charge in [-0.1, -0.05) is 0 Å². The van der Waals surface area contributed by atoms with Gasteiger partial charge in [-0.25, -0.2) is 0 Å². The van der Waals surface area contributed by atoms with E-state index in [4.69, 9.17) is 0 Å². The van der Waals surface area contributed by atoms with Gasteiger partial charge in [0, 0.05) is 0 Å². The number of ether oxygens (including phenoxy) is 2. The molecule has 0 N–H and O–H groups in total. The molecule has 0 fully saturated rings. The summed E-state index contributed by atoms with van der Waals surface area (Å²) >= 11 is -2.18. The van der Waals surface area contributed by atoms with Crippen molar-refractivity contribution in [3.05, 3.63) is 0 Å². The van der Waals surface area contributed by atoms with E-state index in [-0.39, 0.29) is 13.2 Å². The third kappa shape index (κ3) is 5.97. The standard InChI is InChI=1S/C8H11F3O4Se/c1-3-14-6(12)5(7(13)15-4-2)16-8(9,10)11/h5H,3-4H2,1-2H3. The number of hydrogen-bond acceptors (Lipinski definition) is 4. The van der Waals surface area contributed by atoms with Crippen molar-refractivity contribution in [2.75, 3.05) is 13.2 Å². The van der Waals surface area contributed by atoms with Crippen molar-refractivity contribution in [1.82, 2.24) is 0 Å². The molecule has 0 bridgehead atoms. The molecule has 0 radical (unpaired) electrons. The summed E-state index contributed by atoms with van der Waals surface area (Å²) in [5, 5.41) is -4.56. The molecule has 4 nitrogen and oxygen atoms in total. The second-order valence-electron chi connectivity index (χ2n) is 2.45. The first-order valence-electron chi connectivity index (χ1n) is 4.39. The Labute approximate surface area is 96.6 Å². The van der Waals surface area contributed by atoms with Gasteiger partial charge in [-0.15, -0.1) is 0 Å². The maximum absolute atomic E-state index is 12.1. The summed E-state index contributed by atoms with van der Waals surface area (Å²) in [5.74, 6) is -2.36. The Hall–Kier alpha value is -0.751. The van der Waals surface area contributed by atoms with E-state index in [1.165, 1.54) is 13.8 Å². The molecule has 0 aromatic rings. The number of rotatable bonds is 5. The molecule has 0 aromatic carbocycles. The molecule has 0 saturated carbocycles. The molecule has 0 heterocycles. The molecular formula is C8H11F3O4Se. The Balaban J connectivity index is 4.62. The monoisotopic (exact) mass is 308 g/mol. The fourth-order valence-corrected chi connectivity index (χ4v) is 2.01. The van der Waals surface area contributed by atoms with Gasteiger partial charge in [0.05, 0.1) is 0 Å². The van der Waals surface area contributed by atoms with Crippen LogP contribution in [0.5, 0.6) is 0 Å². The molecule has 0 amide bonds. The fourth-order valence-electron chi connectivity index (χ4n) is 0.762. The number of esters is 2. The van der Waals surface area contributed by atoms with Crippen LogP contribution >= 0.6 is 0 Å². The zero-order chi connectivity index (χ0) is 12.8. The minimum atomic E-state index is -4.56. The Morgan fingerprint density at radius 3 is 1.75 bits per heavy atom. The average molecular weight is 307 g/mol. The summed E-state index contributed by atoms with van der Waals surface area (Å²) in [6.45, 7) is 2.73. The summed E-state index contributed by atoms with van der Waals surface area (Å²) in [6.07, 6.45) is 0. The summed E-state index contributed by atoms with van der Waals surface area (Å²) in [4.78, 5) is 20.4. The summed E-state index contributed by atoms with van der Waals surface area (Å²) in [7, 11) is 0. The quantitative estimate of drug-likeness (QED) is 0.434. The van der Waals surface area contributed by atoms with Crippen LogP contribution in [-0.4, -0.2) is 45.2 Å². The van der Waals surface area contributed by atoms with Gasteiger partial charge in [0.15, 0.2) is 0 Å². The second-order valence-corrected chi connectivity index (χ2v) is 4.90. The molecular weight excluding hydrogens is 296 g/mol. The first kappa shape index (κ1) is 15.2. The van der Waals surface area contributed by atoms with Gasteiger partial charge in [0.25, 0.3) is 0 Å². The second kappa shape index (κ2) is 6.75. The van der Waals surface area contributed by atoms with E-state index >= 15 is 0 Å². The molecule has 94 valence electrons. The van der Waals surface area contributed by atoms with E-state index < -0.39 is 36.8 Å². The Kier molecular flexibility index (Phi) is 6.43. The van der Waals surface area contributed by atoms with Crippen LogP contribution in [0.15, 0.2) is 0 Å². The maximum atomic E-state index is 12.1. The van der Waals surface area contributed by atoms with Crippen molar-refractivity contribution in [2.45, 2.75) is 23.7 Å². The van der Waals surface area contributed by atoms with E-state index in [2.05, 4.69) is 9.47 Å². The molecule has 16 heavy (non-hydrogen) atoms. The van der Waals surface area contributed by atoms with Crippen LogP contribution < -0.4 is 0 Å². The predicted molar refractivity (Wildman–Crippen MR) is 48.8 cm³/mol. The van der Waals surface area contributed by atoms with Crippen molar-refractivity contribution in [3.63, 3.8) is 0 Å². The molecule has 0 saturated heterocycles. The zero-order valence-corrected chi connectivity index (χ0v) is 10.4. The number of hydrogen-bond donors (Lipinski definition) is 0. The van der Waals surface area contributed by atoms with Gasteiger partial charge >= 0.3 is 96.1 Å². The van der Waals surface area contributed by atoms with Crippen molar-refractivity contribution in [1.29, 1.82) is 0 Å². The number of carbonyl (C=O) groups excluding carboxylic acids is 2. The summed E-state index contributed by atoms with van der Waals surface area (Å²) in [5.41, 5.74) is 0. The van der Waals surface area contributed by atoms with Crippen LogP contribution in [0.25, 0.3) is 0 Å². The third-order valence-electron chi connectivity index (χ3n) is 1.25. The third-order valence-corrected chi connectivity index (χ3v) is 3.12. The van der Waals surface area contributed by atoms with Crippen molar-refractivity contribution in [3.8, 4) is 0 Å². The zero-order valence-electron chi connectivity index (χ0n) is 8.67. The van der Waals surface area contributed by atoms with Gasteiger partial charge in [-0.05, 0) is 0 Å². The van der Waals surface area contributed by atoms with E-state index in [9.17, 15) is 22.8 Å². The molecule has 0 aliphatic rings. The molecule has 8 heteroatoms. The Morgan fingerprint density at radius 2 is 1.50 bits per heavy atom. The van der Waals surface area contributed by atoms with Crippen molar-refractivity contribution < 1.29 is 32.2 Å². The van der Waals surface area contributed by atoms with Crippen LogP contribution in [0.2, 0.25) is 4.82 Å². The van der Waals surface area contributed by atoms with Gasteiger partial charge in [0.2, 0.25) is 0 Å². The van der Waals surface area contributed by atoms with E-state index in [1.807, 2.05) is 0 Å². The molecule has 0 aliphatic carbocycles. The summed E-state index contributed by atoms with van der Waals surface area (Å²) in [6, 6.07) is 0. The molecule has 0 spiro atoms. The topological polar surface area (TPSA) is 52.6 Å². The summed E-state index contributed by atoms with van der Waals surface area (Å²) < 4.78 is 45.1. The SMILES string of the molecule is CCOC(=O)C([Se]C(F)(F)F)C(=O)OCC. The van der Waals surface area contributed by atoms with E-state index in [0.29, 0.717) is 0 Å². The predicted octanol–water partition coefficient (Wildman–Crippen LogP) is 1.13. The van der Waals surface area contributed by atoms with Gasteiger partial charge in [-0.2, -0.15) is 0 Å². The molecule has 0 rings (SSSR count). The van der Waals surface area contributed by atoms with Crippen LogP contribution in [0, 0.1) is 0 Å². The van der Waals surface area contributed by atoms with E-state index in [0.717, 1.165) is 0 Å². The van der Waals surface area contributed by atoms with Crippen LogP contribution in [0.3, 0.4) is 0 Å². The van der Waals surface area contributed by atoms with Crippen molar-refractivity contribution >= 4 is 26.9 Å². The Bertz CT molecular complexity index is 236. The molecule has 0 unspecified atom stereocenters. The number of carbonyl (C=O) groups is 2. The average Bonchev–Trinajstić information content (AvgIpc) is 2.13. The number of alkyl halides is 3. The van der Waals surface area contributed by atoms with Gasteiger partial charge in [0.1, 0.15) is 0 Å². The molecule has 0 atom stereocenters. The Morgan fingerprint density at radius 1 is 1.12 bits per heavy atom. The van der Waals surface area contributed by atoms with E-state index in [1.54, 1.807) is 0 Å². The van der Waals surface area contributed by atoms with Gasteiger partial charge in [-0.3, -0.25) is 0 Å². The van der Waals surface area contributed by atoms with Crippen LogP contribution in [0.1, 0.15) is 13.8 Å². The minimum absolute atomic E-state index is 0.0807. The van der Waals surface area contributed by atoms with Crippen molar-refractivity contribution in [2.24, 2.45) is 0 Å². The first-order chi connectivity index (χ1) is 7.31.